The SMILES string of the molecule is NCCOCc1nc(-c2ncc[nH]2)no1. The Morgan fingerprint density at radius 3 is 3.20 bits per heavy atom. The van der Waals surface area contributed by atoms with E-state index < -0.39 is 0 Å². The summed E-state index contributed by atoms with van der Waals surface area (Å²) in [5, 5.41) is 3.75. The monoisotopic (exact) mass is 209 g/mol. The second-order valence-corrected chi connectivity index (χ2v) is 2.79. The molecule has 2 aromatic heterocycles. The van der Waals surface area contributed by atoms with Crippen molar-refractivity contribution in [3.8, 4) is 11.6 Å². The maximum atomic E-state index is 5.27. The highest BCUT2D eigenvalue weighted by Crippen LogP contribution is 2.09. The zero-order valence-corrected chi connectivity index (χ0v) is 8.01. The fraction of sp³-hybridized carbons (Fsp3) is 0.375. The van der Waals surface area contributed by atoms with Gasteiger partial charge in [0.25, 0.3) is 5.89 Å². The number of nitrogens with one attached hydrogen (secondary N) is 1. The summed E-state index contributed by atoms with van der Waals surface area (Å²) in [6, 6.07) is 0. The van der Waals surface area contributed by atoms with Gasteiger partial charge in [-0.2, -0.15) is 4.98 Å². The lowest BCUT2D eigenvalue weighted by Gasteiger charge is -1.95. The second kappa shape index (κ2) is 4.67. The molecule has 2 aromatic rings. The minimum absolute atomic E-state index is 0.269. The van der Waals surface area contributed by atoms with Gasteiger partial charge in [-0.3, -0.25) is 0 Å². The van der Waals surface area contributed by atoms with E-state index in [-0.39, 0.29) is 6.61 Å². The Morgan fingerprint density at radius 1 is 1.53 bits per heavy atom. The van der Waals surface area contributed by atoms with E-state index in [2.05, 4.69) is 20.1 Å². The summed E-state index contributed by atoms with van der Waals surface area (Å²) >= 11 is 0. The van der Waals surface area contributed by atoms with Crippen LogP contribution in [0, 0.1) is 0 Å². The molecule has 0 atom stereocenters. The van der Waals surface area contributed by atoms with E-state index in [1.807, 2.05) is 0 Å². The summed E-state index contributed by atoms with van der Waals surface area (Å²) < 4.78 is 10.1. The highest BCUT2D eigenvalue weighted by Gasteiger charge is 2.09. The standard InChI is InChI=1S/C8H11N5O2/c9-1-4-14-5-6-12-8(13-15-6)7-10-2-3-11-7/h2-3H,1,4-5,9H2,(H,10,11). The van der Waals surface area contributed by atoms with Gasteiger partial charge in [-0.05, 0) is 0 Å². The first-order valence-electron chi connectivity index (χ1n) is 4.50. The van der Waals surface area contributed by atoms with Gasteiger partial charge in [-0.15, -0.1) is 0 Å². The molecule has 2 heterocycles. The topological polar surface area (TPSA) is 103 Å². The molecular weight excluding hydrogens is 198 g/mol. The molecule has 0 radical (unpaired) electrons. The van der Waals surface area contributed by atoms with Gasteiger partial charge in [0.2, 0.25) is 5.82 Å². The van der Waals surface area contributed by atoms with Gasteiger partial charge in [-0.25, -0.2) is 4.98 Å². The van der Waals surface area contributed by atoms with Crippen LogP contribution in [0.15, 0.2) is 16.9 Å². The maximum Gasteiger partial charge on any atom is 0.253 e. The molecule has 3 N–H and O–H groups in total. The Labute approximate surface area is 85.7 Å². The van der Waals surface area contributed by atoms with Crippen LogP contribution in [0.5, 0.6) is 0 Å². The van der Waals surface area contributed by atoms with Gasteiger partial charge in [0.15, 0.2) is 5.82 Å². The number of nitrogens with two attached hydrogens (primary N) is 1. The van der Waals surface area contributed by atoms with Gasteiger partial charge in [0.05, 0.1) is 6.61 Å². The van der Waals surface area contributed by atoms with E-state index in [9.17, 15) is 0 Å². The van der Waals surface area contributed by atoms with E-state index in [1.165, 1.54) is 0 Å². The molecule has 7 nitrogen and oxygen atoms in total. The molecule has 0 spiro atoms. The largest absolute Gasteiger partial charge is 0.370 e. The van der Waals surface area contributed by atoms with Gasteiger partial charge >= 0.3 is 0 Å². The number of hydrogen-bond acceptors (Lipinski definition) is 6. The van der Waals surface area contributed by atoms with Gasteiger partial charge < -0.3 is 20.0 Å². The molecular formula is C8H11N5O2. The van der Waals surface area contributed by atoms with Gasteiger partial charge in [0, 0.05) is 18.9 Å². The number of ether oxygens (including phenoxy) is 1. The molecule has 80 valence electrons. The van der Waals surface area contributed by atoms with Crippen LogP contribution in [0.1, 0.15) is 5.89 Å². The summed E-state index contributed by atoms with van der Waals surface area (Å²) in [6.07, 6.45) is 3.31. The van der Waals surface area contributed by atoms with Crippen LogP contribution < -0.4 is 5.73 Å². The zero-order chi connectivity index (χ0) is 10.5. The molecule has 15 heavy (non-hydrogen) atoms. The van der Waals surface area contributed by atoms with Crippen LogP contribution in [-0.4, -0.2) is 33.3 Å². The van der Waals surface area contributed by atoms with Crippen LogP contribution in [0.2, 0.25) is 0 Å². The number of H-pyrrole nitrogens is 1. The smallest absolute Gasteiger partial charge is 0.253 e. The molecule has 0 unspecified atom stereocenters. The molecule has 0 aliphatic carbocycles. The quantitative estimate of drug-likeness (QED) is 0.668. The lowest BCUT2D eigenvalue weighted by Crippen LogP contribution is -2.08. The van der Waals surface area contributed by atoms with Crippen molar-refractivity contribution < 1.29 is 9.26 Å². The number of rotatable bonds is 5. The molecule has 0 bridgehead atoms. The third-order valence-corrected chi connectivity index (χ3v) is 1.67. The third-order valence-electron chi connectivity index (χ3n) is 1.67. The molecule has 7 heteroatoms. The first-order chi connectivity index (χ1) is 7.40. The highest BCUT2D eigenvalue weighted by molar-refractivity contribution is 5.40. The van der Waals surface area contributed by atoms with E-state index in [0.29, 0.717) is 30.7 Å². The van der Waals surface area contributed by atoms with Gasteiger partial charge in [-0.1, -0.05) is 5.16 Å². The Morgan fingerprint density at radius 2 is 2.47 bits per heavy atom. The van der Waals surface area contributed by atoms with Crippen molar-refractivity contribution in [1.82, 2.24) is 20.1 Å². The average molecular weight is 209 g/mol. The number of hydrogen-bond donors (Lipinski definition) is 2. The Bertz CT molecular complexity index is 397. The van der Waals surface area contributed by atoms with E-state index in [0.717, 1.165) is 0 Å². The fourth-order valence-electron chi connectivity index (χ4n) is 1.04. The van der Waals surface area contributed by atoms with Crippen molar-refractivity contribution in [2.45, 2.75) is 6.61 Å². The summed E-state index contributed by atoms with van der Waals surface area (Å²) in [6.45, 7) is 1.21. The summed E-state index contributed by atoms with van der Waals surface area (Å²) in [5.41, 5.74) is 5.27. The first kappa shape index (κ1) is 9.81. The number of aromatic amines is 1. The maximum absolute atomic E-state index is 5.27. The number of aromatic nitrogens is 4. The van der Waals surface area contributed by atoms with E-state index in [1.54, 1.807) is 12.4 Å². The lowest BCUT2D eigenvalue weighted by molar-refractivity contribution is 0.104. The summed E-state index contributed by atoms with van der Waals surface area (Å²) in [7, 11) is 0. The minimum atomic E-state index is 0.269. The highest BCUT2D eigenvalue weighted by atomic mass is 16.5. The number of imidazole rings is 1. The molecule has 0 aliphatic rings. The molecule has 0 saturated heterocycles. The Balaban J connectivity index is 1.98. The fourth-order valence-corrected chi connectivity index (χ4v) is 1.04. The molecule has 2 rings (SSSR count). The molecule has 0 amide bonds. The molecule has 0 saturated carbocycles. The van der Waals surface area contributed by atoms with Crippen LogP contribution in [0.3, 0.4) is 0 Å². The van der Waals surface area contributed by atoms with Crippen molar-refractivity contribution in [1.29, 1.82) is 0 Å². The number of nitrogens with zero attached hydrogens (tertiary/aromatic N) is 3. The van der Waals surface area contributed by atoms with Crippen LogP contribution in [-0.2, 0) is 11.3 Å². The third kappa shape index (κ3) is 2.39. The normalized spacial score (nSPS) is 10.7. The van der Waals surface area contributed by atoms with E-state index in [4.69, 9.17) is 15.0 Å². The van der Waals surface area contributed by atoms with E-state index >= 15 is 0 Å². The average Bonchev–Trinajstić information content (AvgIpc) is 2.87. The van der Waals surface area contributed by atoms with Crippen molar-refractivity contribution in [3.05, 3.63) is 18.3 Å². The lowest BCUT2D eigenvalue weighted by atomic mass is 10.6. The van der Waals surface area contributed by atoms with Crippen LogP contribution in [0.25, 0.3) is 11.6 Å². The Hall–Kier alpha value is -1.73. The minimum Gasteiger partial charge on any atom is -0.370 e. The molecule has 0 fully saturated rings. The van der Waals surface area contributed by atoms with Crippen molar-refractivity contribution in [2.75, 3.05) is 13.2 Å². The predicted molar refractivity (Wildman–Crippen MR) is 50.6 cm³/mol. The van der Waals surface area contributed by atoms with Crippen molar-refractivity contribution in [3.63, 3.8) is 0 Å². The first-order valence-corrected chi connectivity index (χ1v) is 4.50. The second-order valence-electron chi connectivity index (χ2n) is 2.79. The predicted octanol–water partition coefficient (Wildman–Crippen LogP) is -0.0650. The van der Waals surface area contributed by atoms with Crippen LogP contribution in [0.4, 0.5) is 0 Å². The van der Waals surface area contributed by atoms with Crippen LogP contribution >= 0.6 is 0 Å². The molecule has 0 aromatic carbocycles. The van der Waals surface area contributed by atoms with Crippen molar-refractivity contribution >= 4 is 0 Å². The summed E-state index contributed by atoms with van der Waals surface area (Å²) in [4.78, 5) is 11.0. The Kier molecular flexibility index (Phi) is 3.05. The zero-order valence-electron chi connectivity index (χ0n) is 8.01. The van der Waals surface area contributed by atoms with Crippen molar-refractivity contribution in [2.24, 2.45) is 5.73 Å². The van der Waals surface area contributed by atoms with Gasteiger partial charge in [0.1, 0.15) is 6.61 Å². The molecule has 0 aliphatic heterocycles. The summed E-state index contributed by atoms with van der Waals surface area (Å²) in [5.74, 6) is 1.41.